The van der Waals surface area contributed by atoms with Crippen LogP contribution in [-0.4, -0.2) is 27.3 Å². The zero-order valence-electron chi connectivity index (χ0n) is 11.3. The van der Waals surface area contributed by atoms with Gasteiger partial charge in [-0.1, -0.05) is 6.92 Å². The Balaban J connectivity index is 2.39. The van der Waals surface area contributed by atoms with Gasteiger partial charge < -0.3 is 20.1 Å². The fraction of sp³-hybridized carbons (Fsp3) is 0.429. The number of carbonyl (C=O) groups excluding carboxylic acids is 1. The van der Waals surface area contributed by atoms with Gasteiger partial charge in [-0.2, -0.15) is 0 Å². The summed E-state index contributed by atoms with van der Waals surface area (Å²) in [6.45, 7) is 3.22. The molecule has 1 aromatic carbocycles. The predicted octanol–water partition coefficient (Wildman–Crippen LogP) is 1.73. The average Bonchev–Trinajstić information content (AvgIpc) is 2.78. The molecule has 0 aromatic heterocycles. The first-order valence-corrected chi connectivity index (χ1v) is 6.30. The number of aromatic hydroxyl groups is 2. The summed E-state index contributed by atoms with van der Waals surface area (Å²) in [5.41, 5.74) is 1.26. The minimum Gasteiger partial charge on any atom is -0.507 e. The molecule has 1 aliphatic heterocycles. The number of esters is 1. The number of carbonyl (C=O) groups is 2. The molecule has 0 saturated carbocycles. The minimum atomic E-state index is -0.943. The molecule has 1 aromatic rings. The zero-order chi connectivity index (χ0) is 15.0. The van der Waals surface area contributed by atoms with Gasteiger partial charge in [-0.05, 0) is 25.3 Å². The Morgan fingerprint density at radius 1 is 1.35 bits per heavy atom. The van der Waals surface area contributed by atoms with Crippen LogP contribution in [0, 0.1) is 12.8 Å². The first-order valence-electron chi connectivity index (χ1n) is 6.30. The van der Waals surface area contributed by atoms with Crippen molar-refractivity contribution in [3.8, 4) is 11.5 Å². The number of fused-ring (bicyclic) bond motifs is 1. The lowest BCUT2D eigenvalue weighted by atomic mass is 9.93. The number of rotatable bonds is 4. The number of hydrogen-bond donors (Lipinski definition) is 3. The maximum Gasteiger partial charge on any atom is 0.342 e. The average molecular weight is 280 g/mol. The van der Waals surface area contributed by atoms with E-state index in [9.17, 15) is 19.8 Å². The number of carboxylic acid groups (broad SMARTS) is 1. The van der Waals surface area contributed by atoms with Crippen LogP contribution >= 0.6 is 0 Å². The molecule has 1 aliphatic rings. The summed E-state index contributed by atoms with van der Waals surface area (Å²) in [6.07, 6.45) is 0.427. The Morgan fingerprint density at radius 2 is 2.00 bits per heavy atom. The Bertz CT molecular complexity index is 590. The fourth-order valence-corrected chi connectivity index (χ4v) is 2.29. The van der Waals surface area contributed by atoms with E-state index in [0.717, 1.165) is 0 Å². The molecule has 0 aliphatic carbocycles. The van der Waals surface area contributed by atoms with Gasteiger partial charge in [0.05, 0.1) is 5.92 Å². The third-order valence-corrected chi connectivity index (χ3v) is 3.72. The zero-order valence-corrected chi connectivity index (χ0v) is 11.3. The summed E-state index contributed by atoms with van der Waals surface area (Å²) in [4.78, 5) is 22.4. The monoisotopic (exact) mass is 280 g/mol. The number of phenolic OH excluding ortho intramolecular Hbond substituents is 2. The Labute approximate surface area is 115 Å². The molecule has 0 unspecified atom stereocenters. The standard InChI is InChI=1S/C14H16O6/c1-6(13(17)18)3-4-8-11(15)7(2)9-5-20-14(19)10(9)12(8)16/h6,15-16H,3-5H2,1-2H3,(H,17,18)/t6-/m0/s1. The van der Waals surface area contributed by atoms with Crippen LogP contribution in [-0.2, 0) is 22.6 Å². The number of ether oxygens (including phenoxy) is 1. The molecule has 0 spiro atoms. The van der Waals surface area contributed by atoms with Crippen molar-refractivity contribution in [2.75, 3.05) is 0 Å². The largest absolute Gasteiger partial charge is 0.507 e. The van der Waals surface area contributed by atoms with E-state index >= 15 is 0 Å². The topological polar surface area (TPSA) is 104 Å². The van der Waals surface area contributed by atoms with Crippen LogP contribution in [0.2, 0.25) is 0 Å². The first kappa shape index (κ1) is 14.2. The Morgan fingerprint density at radius 3 is 2.60 bits per heavy atom. The van der Waals surface area contributed by atoms with E-state index in [2.05, 4.69) is 0 Å². The van der Waals surface area contributed by atoms with E-state index in [1.807, 2.05) is 0 Å². The van der Waals surface area contributed by atoms with E-state index in [-0.39, 0.29) is 42.1 Å². The van der Waals surface area contributed by atoms with E-state index in [1.165, 1.54) is 0 Å². The summed E-state index contributed by atoms with van der Waals surface area (Å²) in [6, 6.07) is 0. The molecule has 3 N–H and O–H groups in total. The molecular weight excluding hydrogens is 264 g/mol. The molecule has 0 saturated heterocycles. The Hall–Kier alpha value is -2.24. The Kier molecular flexibility index (Phi) is 3.57. The molecule has 0 bridgehead atoms. The van der Waals surface area contributed by atoms with Crippen molar-refractivity contribution < 1.29 is 29.6 Å². The van der Waals surface area contributed by atoms with Crippen LogP contribution in [0.25, 0.3) is 0 Å². The van der Waals surface area contributed by atoms with Gasteiger partial charge in [0.2, 0.25) is 0 Å². The molecule has 108 valence electrons. The smallest absolute Gasteiger partial charge is 0.342 e. The van der Waals surface area contributed by atoms with Gasteiger partial charge in [-0.3, -0.25) is 4.79 Å². The van der Waals surface area contributed by atoms with Gasteiger partial charge in [0, 0.05) is 11.1 Å². The third-order valence-electron chi connectivity index (χ3n) is 3.72. The summed E-state index contributed by atoms with van der Waals surface area (Å²) < 4.78 is 4.85. The quantitative estimate of drug-likeness (QED) is 0.725. The maximum atomic E-state index is 11.6. The van der Waals surface area contributed by atoms with Crippen LogP contribution in [0.4, 0.5) is 0 Å². The van der Waals surface area contributed by atoms with Crippen LogP contribution in [0.15, 0.2) is 0 Å². The third kappa shape index (κ3) is 2.17. The van der Waals surface area contributed by atoms with Crippen LogP contribution < -0.4 is 0 Å². The molecule has 1 heterocycles. The number of carboxylic acids is 1. The van der Waals surface area contributed by atoms with Gasteiger partial charge >= 0.3 is 11.9 Å². The lowest BCUT2D eigenvalue weighted by Gasteiger charge is -2.14. The van der Waals surface area contributed by atoms with Gasteiger partial charge in [-0.25, -0.2) is 4.79 Å². The molecule has 1 atom stereocenters. The van der Waals surface area contributed by atoms with Crippen molar-refractivity contribution in [2.45, 2.75) is 33.3 Å². The molecular formula is C14H16O6. The van der Waals surface area contributed by atoms with E-state index in [4.69, 9.17) is 9.84 Å². The summed E-state index contributed by atoms with van der Waals surface area (Å²) in [5.74, 6) is -2.57. The molecule has 0 radical (unpaired) electrons. The highest BCUT2D eigenvalue weighted by molar-refractivity contribution is 5.97. The normalized spacial score (nSPS) is 14.8. The second-order valence-electron chi connectivity index (χ2n) is 5.01. The highest BCUT2D eigenvalue weighted by Crippen LogP contribution is 2.41. The van der Waals surface area contributed by atoms with Crippen LogP contribution in [0.3, 0.4) is 0 Å². The van der Waals surface area contributed by atoms with Gasteiger partial charge in [0.1, 0.15) is 23.7 Å². The summed E-state index contributed by atoms with van der Waals surface area (Å²) in [7, 11) is 0. The van der Waals surface area contributed by atoms with E-state index in [0.29, 0.717) is 11.1 Å². The minimum absolute atomic E-state index is 0.0347. The lowest BCUT2D eigenvalue weighted by Crippen LogP contribution is -2.11. The lowest BCUT2D eigenvalue weighted by molar-refractivity contribution is -0.141. The van der Waals surface area contributed by atoms with Crippen LogP contribution in [0.1, 0.15) is 40.4 Å². The molecule has 6 heteroatoms. The first-order chi connectivity index (χ1) is 9.34. The van der Waals surface area contributed by atoms with Crippen LogP contribution in [0.5, 0.6) is 11.5 Å². The van der Waals surface area contributed by atoms with Gasteiger partial charge in [0.15, 0.2) is 0 Å². The second-order valence-corrected chi connectivity index (χ2v) is 5.01. The molecule has 20 heavy (non-hydrogen) atoms. The number of aliphatic carboxylic acids is 1. The molecule has 0 fully saturated rings. The summed E-state index contributed by atoms with van der Waals surface area (Å²) in [5, 5.41) is 29.1. The summed E-state index contributed by atoms with van der Waals surface area (Å²) >= 11 is 0. The number of cyclic esters (lactones) is 1. The van der Waals surface area contributed by atoms with Crippen molar-refractivity contribution in [1.82, 2.24) is 0 Å². The van der Waals surface area contributed by atoms with E-state index in [1.54, 1.807) is 13.8 Å². The number of hydrogen-bond acceptors (Lipinski definition) is 5. The highest BCUT2D eigenvalue weighted by Gasteiger charge is 2.31. The van der Waals surface area contributed by atoms with Crippen molar-refractivity contribution in [3.63, 3.8) is 0 Å². The predicted molar refractivity (Wildman–Crippen MR) is 68.7 cm³/mol. The molecule has 2 rings (SSSR count). The van der Waals surface area contributed by atoms with Crippen molar-refractivity contribution >= 4 is 11.9 Å². The van der Waals surface area contributed by atoms with E-state index < -0.39 is 17.9 Å². The number of benzene rings is 1. The molecule has 0 amide bonds. The van der Waals surface area contributed by atoms with Crippen molar-refractivity contribution in [3.05, 3.63) is 22.3 Å². The van der Waals surface area contributed by atoms with Crippen molar-refractivity contribution in [2.24, 2.45) is 5.92 Å². The fourth-order valence-electron chi connectivity index (χ4n) is 2.29. The second kappa shape index (κ2) is 5.03. The van der Waals surface area contributed by atoms with Gasteiger partial charge in [0.25, 0.3) is 0 Å². The SMILES string of the molecule is Cc1c(O)c(CC[C@H](C)C(=O)O)c(O)c2c1COC2=O. The van der Waals surface area contributed by atoms with Crippen molar-refractivity contribution in [1.29, 1.82) is 0 Å². The van der Waals surface area contributed by atoms with Gasteiger partial charge in [-0.15, -0.1) is 0 Å². The number of phenols is 2. The highest BCUT2D eigenvalue weighted by atomic mass is 16.5. The maximum absolute atomic E-state index is 11.6. The molecule has 6 nitrogen and oxygen atoms in total.